The van der Waals surface area contributed by atoms with Gasteiger partial charge in [0.25, 0.3) is 0 Å². The molecule has 2 rings (SSSR count). The predicted octanol–water partition coefficient (Wildman–Crippen LogP) is 3.09. The molecule has 9 heteroatoms. The van der Waals surface area contributed by atoms with Crippen LogP contribution in [0.15, 0.2) is 32.3 Å². The van der Waals surface area contributed by atoms with Crippen LogP contribution in [-0.2, 0) is 16.6 Å². The minimum Gasteiger partial charge on any atom is -0.477 e. The molecule has 0 aliphatic heterocycles. The van der Waals surface area contributed by atoms with E-state index in [0.29, 0.717) is 3.79 Å². The largest absolute Gasteiger partial charge is 0.477 e. The highest BCUT2D eigenvalue weighted by molar-refractivity contribution is 9.11. The van der Waals surface area contributed by atoms with Crippen LogP contribution in [0.4, 0.5) is 0 Å². The van der Waals surface area contributed by atoms with Crippen molar-refractivity contribution in [2.45, 2.75) is 11.4 Å². The molecule has 0 saturated heterocycles. The van der Waals surface area contributed by atoms with Crippen molar-refractivity contribution < 1.29 is 18.3 Å². The Balaban J connectivity index is 2.32. The summed E-state index contributed by atoms with van der Waals surface area (Å²) in [4.78, 5) is 11.8. The third kappa shape index (κ3) is 3.12. The van der Waals surface area contributed by atoms with E-state index in [0.717, 1.165) is 16.2 Å². The van der Waals surface area contributed by atoms with Gasteiger partial charge in [-0.1, -0.05) is 6.07 Å². The third-order valence-corrected chi connectivity index (χ3v) is 7.42. The molecule has 0 spiro atoms. The number of thiophene rings is 2. The maximum atomic E-state index is 12.4. The lowest BCUT2D eigenvalue weighted by Gasteiger charge is -2.15. The van der Waals surface area contributed by atoms with E-state index >= 15 is 0 Å². The molecule has 1 N–H and O–H groups in total. The van der Waals surface area contributed by atoms with Crippen LogP contribution in [0.25, 0.3) is 0 Å². The molecular formula is C11H10BrNO4S3. The van der Waals surface area contributed by atoms with Crippen molar-refractivity contribution in [2.75, 3.05) is 7.05 Å². The monoisotopic (exact) mass is 395 g/mol. The average Bonchev–Trinajstić information content (AvgIpc) is 2.98. The van der Waals surface area contributed by atoms with E-state index in [1.54, 1.807) is 0 Å². The highest BCUT2D eigenvalue weighted by Crippen LogP contribution is 2.33. The zero-order valence-corrected chi connectivity index (χ0v) is 14.3. The highest BCUT2D eigenvalue weighted by atomic mass is 79.9. The summed E-state index contributed by atoms with van der Waals surface area (Å²) in [7, 11) is -2.25. The average molecular weight is 396 g/mol. The first kappa shape index (κ1) is 15.6. The molecule has 20 heavy (non-hydrogen) atoms. The second kappa shape index (κ2) is 5.94. The van der Waals surface area contributed by atoms with E-state index in [4.69, 9.17) is 5.11 Å². The Morgan fingerprint density at radius 1 is 1.50 bits per heavy atom. The van der Waals surface area contributed by atoms with Crippen molar-refractivity contribution in [2.24, 2.45) is 0 Å². The van der Waals surface area contributed by atoms with Gasteiger partial charge < -0.3 is 5.11 Å². The van der Waals surface area contributed by atoms with Crippen molar-refractivity contribution in [1.29, 1.82) is 0 Å². The molecule has 0 unspecified atom stereocenters. The van der Waals surface area contributed by atoms with Gasteiger partial charge in [-0.15, -0.1) is 22.7 Å². The maximum absolute atomic E-state index is 12.4. The van der Waals surface area contributed by atoms with Gasteiger partial charge in [0.15, 0.2) is 0 Å². The second-order valence-electron chi connectivity index (χ2n) is 3.89. The van der Waals surface area contributed by atoms with E-state index < -0.39 is 16.0 Å². The summed E-state index contributed by atoms with van der Waals surface area (Å²) < 4.78 is 26.4. The van der Waals surface area contributed by atoms with Gasteiger partial charge in [0, 0.05) is 18.5 Å². The first-order valence-electron chi connectivity index (χ1n) is 5.33. The summed E-state index contributed by atoms with van der Waals surface area (Å²) in [6.07, 6.45) is 0. The standard InChI is InChI=1S/C11H10BrNO4S3/c1-13(6-7-3-2-4-18-7)20(16,17)9-5-8(11(14)15)19-10(9)12/h2-5H,6H2,1H3,(H,14,15). The van der Waals surface area contributed by atoms with Gasteiger partial charge in [-0.2, -0.15) is 4.31 Å². The fraction of sp³-hybridized carbons (Fsp3) is 0.182. The molecule has 0 aliphatic carbocycles. The molecular weight excluding hydrogens is 386 g/mol. The quantitative estimate of drug-likeness (QED) is 0.843. The number of aromatic carboxylic acids is 1. The Labute approximate surface area is 132 Å². The van der Waals surface area contributed by atoms with Crippen molar-refractivity contribution in [1.82, 2.24) is 4.31 Å². The number of halogens is 1. The van der Waals surface area contributed by atoms with Gasteiger partial charge in [0.2, 0.25) is 10.0 Å². The molecule has 2 aromatic heterocycles. The second-order valence-corrected chi connectivity index (χ2v) is 9.31. The number of carboxylic acid groups (broad SMARTS) is 1. The lowest BCUT2D eigenvalue weighted by molar-refractivity contribution is 0.0702. The minimum atomic E-state index is -3.72. The van der Waals surface area contributed by atoms with Crippen molar-refractivity contribution >= 4 is 54.6 Å². The Morgan fingerprint density at radius 3 is 2.70 bits per heavy atom. The Hall–Kier alpha value is -0.740. The molecule has 0 fully saturated rings. The molecule has 5 nitrogen and oxygen atoms in total. The van der Waals surface area contributed by atoms with E-state index in [1.807, 2.05) is 17.5 Å². The molecule has 0 atom stereocenters. The number of hydrogen-bond acceptors (Lipinski definition) is 5. The number of rotatable bonds is 5. The molecule has 0 aliphatic rings. The number of carboxylic acids is 1. The van der Waals surface area contributed by atoms with Crippen LogP contribution in [0.3, 0.4) is 0 Å². The van der Waals surface area contributed by atoms with Gasteiger partial charge in [-0.05, 0) is 33.4 Å². The Morgan fingerprint density at radius 2 is 2.20 bits per heavy atom. The summed E-state index contributed by atoms with van der Waals surface area (Å²) in [6.45, 7) is 0.255. The number of carbonyl (C=O) groups is 1. The number of hydrogen-bond donors (Lipinski definition) is 1. The Bertz CT molecular complexity index is 721. The molecule has 108 valence electrons. The van der Waals surface area contributed by atoms with Crippen LogP contribution in [0.1, 0.15) is 14.5 Å². The summed E-state index contributed by atoms with van der Waals surface area (Å²) in [5.41, 5.74) is 0. The van der Waals surface area contributed by atoms with Crippen LogP contribution in [0.2, 0.25) is 0 Å². The molecule has 0 radical (unpaired) electrons. The van der Waals surface area contributed by atoms with Gasteiger partial charge in [-0.25, -0.2) is 13.2 Å². The van der Waals surface area contributed by atoms with Gasteiger partial charge in [0.05, 0.1) is 3.79 Å². The summed E-state index contributed by atoms with van der Waals surface area (Å²) in [6, 6.07) is 4.88. The fourth-order valence-electron chi connectivity index (χ4n) is 1.51. The predicted molar refractivity (Wildman–Crippen MR) is 82.0 cm³/mol. The van der Waals surface area contributed by atoms with Crippen molar-refractivity contribution in [3.8, 4) is 0 Å². The summed E-state index contributed by atoms with van der Waals surface area (Å²) >= 11 is 5.48. The van der Waals surface area contributed by atoms with E-state index in [1.165, 1.54) is 28.8 Å². The SMILES string of the molecule is CN(Cc1cccs1)S(=O)(=O)c1cc(C(=O)O)sc1Br. The van der Waals surface area contributed by atoms with Crippen LogP contribution in [-0.4, -0.2) is 30.8 Å². The van der Waals surface area contributed by atoms with Crippen LogP contribution < -0.4 is 0 Å². The molecule has 0 bridgehead atoms. The smallest absolute Gasteiger partial charge is 0.345 e. The fourth-order valence-corrected chi connectivity index (χ4v) is 5.85. The molecule has 0 amide bonds. The van der Waals surface area contributed by atoms with Crippen LogP contribution in [0, 0.1) is 0 Å². The zero-order chi connectivity index (χ0) is 14.9. The lowest BCUT2D eigenvalue weighted by atomic mass is 10.5. The minimum absolute atomic E-state index is 0.0139. The van der Waals surface area contributed by atoms with Gasteiger partial charge >= 0.3 is 5.97 Å². The molecule has 2 aromatic rings. The topological polar surface area (TPSA) is 74.7 Å². The van der Waals surface area contributed by atoms with Crippen LogP contribution in [0.5, 0.6) is 0 Å². The first-order valence-corrected chi connectivity index (χ1v) is 9.26. The lowest BCUT2D eigenvalue weighted by Crippen LogP contribution is -2.26. The molecule has 0 aromatic carbocycles. The van der Waals surface area contributed by atoms with E-state index in [-0.39, 0.29) is 16.3 Å². The highest BCUT2D eigenvalue weighted by Gasteiger charge is 2.27. The zero-order valence-electron chi connectivity index (χ0n) is 10.2. The van der Waals surface area contributed by atoms with Gasteiger partial charge in [-0.3, -0.25) is 0 Å². The van der Waals surface area contributed by atoms with Gasteiger partial charge in [0.1, 0.15) is 9.77 Å². The van der Waals surface area contributed by atoms with Crippen LogP contribution >= 0.6 is 38.6 Å². The van der Waals surface area contributed by atoms with Crippen molar-refractivity contribution in [3.63, 3.8) is 0 Å². The first-order chi connectivity index (χ1) is 9.32. The van der Waals surface area contributed by atoms with Crippen molar-refractivity contribution in [3.05, 3.63) is 37.1 Å². The molecule has 2 heterocycles. The normalized spacial score (nSPS) is 11.9. The Kier molecular flexibility index (Phi) is 4.65. The van der Waals surface area contributed by atoms with E-state index in [2.05, 4.69) is 15.9 Å². The number of sulfonamides is 1. The summed E-state index contributed by atoms with van der Waals surface area (Å²) in [5.74, 6) is -1.14. The third-order valence-electron chi connectivity index (χ3n) is 2.51. The maximum Gasteiger partial charge on any atom is 0.345 e. The number of nitrogens with zero attached hydrogens (tertiary/aromatic N) is 1. The molecule has 0 saturated carbocycles. The summed E-state index contributed by atoms with van der Waals surface area (Å²) in [5, 5.41) is 10.8. The van der Waals surface area contributed by atoms with E-state index in [9.17, 15) is 13.2 Å².